The molecule has 0 saturated heterocycles. The highest BCUT2D eigenvalue weighted by Crippen LogP contribution is 2.45. The second kappa shape index (κ2) is 5.57. The van der Waals surface area contributed by atoms with Crippen LogP contribution in [-0.2, 0) is 10.8 Å². The van der Waals surface area contributed by atoms with Gasteiger partial charge >= 0.3 is 0 Å². The van der Waals surface area contributed by atoms with Gasteiger partial charge in [-0.2, -0.15) is 0 Å². The van der Waals surface area contributed by atoms with Gasteiger partial charge in [-0.1, -0.05) is 45.0 Å². The molecule has 0 unspecified atom stereocenters. The molecule has 1 atom stereocenters. The minimum absolute atomic E-state index is 0.204. The van der Waals surface area contributed by atoms with E-state index >= 15 is 0 Å². The van der Waals surface area contributed by atoms with Crippen molar-refractivity contribution in [2.75, 3.05) is 0 Å². The fraction of sp³-hybridized carbons (Fsp3) is 0.450. The van der Waals surface area contributed by atoms with Crippen molar-refractivity contribution in [1.82, 2.24) is 0 Å². The molecule has 0 amide bonds. The van der Waals surface area contributed by atoms with Crippen molar-refractivity contribution < 1.29 is 9.22 Å². The zero-order valence-corrected chi connectivity index (χ0v) is 15.8. The summed E-state index contributed by atoms with van der Waals surface area (Å²) < 4.78 is 6.66. The van der Waals surface area contributed by atoms with Crippen LogP contribution in [0.15, 0.2) is 30.3 Å². The number of carbonyl (C=O) groups is 1. The zero-order valence-electron chi connectivity index (χ0n) is 14.8. The van der Waals surface area contributed by atoms with Crippen molar-refractivity contribution in [3.63, 3.8) is 0 Å². The van der Waals surface area contributed by atoms with Crippen LogP contribution in [0, 0.1) is 0 Å². The molecule has 0 bridgehead atoms. The lowest BCUT2D eigenvalue weighted by molar-refractivity contribution is 0.112. The molecule has 1 aliphatic carbocycles. The van der Waals surface area contributed by atoms with Crippen molar-refractivity contribution in [2.45, 2.75) is 57.8 Å². The van der Waals surface area contributed by atoms with Crippen LogP contribution in [0.5, 0.6) is 0 Å². The molecule has 2 aromatic carbocycles. The van der Waals surface area contributed by atoms with E-state index in [0.717, 1.165) is 24.7 Å². The summed E-state index contributed by atoms with van der Waals surface area (Å²) in [6.45, 7) is 11.5. The lowest BCUT2D eigenvalue weighted by atomic mass is 9.99. The quantitative estimate of drug-likeness (QED) is 0.537. The van der Waals surface area contributed by atoms with Gasteiger partial charge in [-0.15, -0.1) is 0 Å². The summed E-state index contributed by atoms with van der Waals surface area (Å²) in [7, 11) is -1.78. The molecular weight excluding hydrogens is 300 g/mol. The Morgan fingerprint density at radius 3 is 2.52 bits per heavy atom. The first-order valence-electron chi connectivity index (χ1n) is 8.41. The minimum Gasteiger partial charge on any atom is -0.410 e. The molecule has 0 heterocycles. The van der Waals surface area contributed by atoms with E-state index in [1.54, 1.807) is 0 Å². The third-order valence-corrected chi connectivity index (χ3v) is 10.1. The zero-order chi connectivity index (χ0) is 16.8. The van der Waals surface area contributed by atoms with Crippen LogP contribution in [-0.4, -0.2) is 14.6 Å². The number of hydrogen-bond acceptors (Lipinski definition) is 2. The van der Waals surface area contributed by atoms with Crippen LogP contribution in [0.4, 0.5) is 0 Å². The molecule has 23 heavy (non-hydrogen) atoms. The van der Waals surface area contributed by atoms with Crippen molar-refractivity contribution in [2.24, 2.45) is 0 Å². The first-order chi connectivity index (χ1) is 10.7. The number of hydrogen-bond donors (Lipinski definition) is 0. The maximum atomic E-state index is 11.1. The van der Waals surface area contributed by atoms with Crippen molar-refractivity contribution in [3.05, 3.63) is 47.0 Å². The summed E-state index contributed by atoms with van der Waals surface area (Å²) in [5.41, 5.74) is 3.44. The molecule has 3 rings (SSSR count). The Kier molecular flexibility index (Phi) is 3.97. The fourth-order valence-electron chi connectivity index (χ4n) is 3.16. The Morgan fingerprint density at radius 2 is 1.87 bits per heavy atom. The summed E-state index contributed by atoms with van der Waals surface area (Å²) in [5.74, 6) is 0. The predicted molar refractivity (Wildman–Crippen MR) is 98.7 cm³/mol. The van der Waals surface area contributed by atoms with E-state index < -0.39 is 8.32 Å². The number of rotatable bonds is 3. The second-order valence-corrected chi connectivity index (χ2v) is 12.9. The van der Waals surface area contributed by atoms with Gasteiger partial charge in [0.2, 0.25) is 0 Å². The monoisotopic (exact) mass is 326 g/mol. The summed E-state index contributed by atoms with van der Waals surface area (Å²) in [6, 6.07) is 10.3. The molecule has 0 saturated carbocycles. The van der Waals surface area contributed by atoms with Gasteiger partial charge < -0.3 is 4.43 Å². The van der Waals surface area contributed by atoms with Crippen LogP contribution in [0.25, 0.3) is 10.8 Å². The van der Waals surface area contributed by atoms with E-state index in [2.05, 4.69) is 46.0 Å². The standard InChI is InChI=1S/C20H26O2Si/c1-20(2,3)23(4,5)22-19-11-10-16-17(19)9-8-15-7-6-14(13-21)12-18(15)16/h6-9,12-13,19H,10-11H2,1-5H3/t19-/m1/s1. The number of fused-ring (bicyclic) bond motifs is 3. The molecule has 0 spiro atoms. The maximum absolute atomic E-state index is 11.1. The molecule has 1 aliphatic rings. The Hall–Kier alpha value is -1.45. The molecule has 0 fully saturated rings. The lowest BCUT2D eigenvalue weighted by Gasteiger charge is -2.38. The molecule has 0 N–H and O–H groups in total. The molecular formula is C20H26O2Si. The Balaban J connectivity index is 2.00. The summed E-state index contributed by atoms with van der Waals surface area (Å²) in [5, 5.41) is 2.65. The van der Waals surface area contributed by atoms with Gasteiger partial charge in [0.15, 0.2) is 8.32 Å². The highest BCUT2D eigenvalue weighted by Gasteiger charge is 2.40. The number of carbonyl (C=O) groups excluding carboxylic acids is 1. The van der Waals surface area contributed by atoms with Crippen LogP contribution in [0.3, 0.4) is 0 Å². The smallest absolute Gasteiger partial charge is 0.192 e. The molecule has 3 heteroatoms. The lowest BCUT2D eigenvalue weighted by Crippen LogP contribution is -2.41. The number of benzene rings is 2. The molecule has 0 aromatic heterocycles. The van der Waals surface area contributed by atoms with Crippen LogP contribution < -0.4 is 0 Å². The summed E-state index contributed by atoms with van der Waals surface area (Å²) in [4.78, 5) is 11.1. The summed E-state index contributed by atoms with van der Waals surface area (Å²) in [6.07, 6.45) is 3.22. The van der Waals surface area contributed by atoms with Gasteiger partial charge in [-0.25, -0.2) is 0 Å². The predicted octanol–water partition coefficient (Wildman–Crippen LogP) is 5.66. The molecule has 122 valence electrons. The number of aryl methyl sites for hydroxylation is 1. The Labute approximate surface area is 140 Å². The highest BCUT2D eigenvalue weighted by molar-refractivity contribution is 6.74. The van der Waals surface area contributed by atoms with Crippen LogP contribution in [0.2, 0.25) is 18.1 Å². The highest BCUT2D eigenvalue weighted by atomic mass is 28.4. The van der Waals surface area contributed by atoms with Gasteiger partial charge in [0.1, 0.15) is 6.29 Å². The average Bonchev–Trinajstić information content (AvgIpc) is 2.88. The van der Waals surface area contributed by atoms with E-state index in [9.17, 15) is 4.79 Å². The van der Waals surface area contributed by atoms with Gasteiger partial charge in [0.05, 0.1) is 6.10 Å². The third kappa shape index (κ3) is 2.88. The first-order valence-corrected chi connectivity index (χ1v) is 11.3. The average molecular weight is 327 g/mol. The Bertz CT molecular complexity index is 756. The molecule has 2 aromatic rings. The van der Waals surface area contributed by atoms with Gasteiger partial charge in [0, 0.05) is 5.56 Å². The summed E-state index contributed by atoms with van der Waals surface area (Å²) >= 11 is 0. The molecule has 0 radical (unpaired) electrons. The van der Waals surface area contributed by atoms with Crippen molar-refractivity contribution in [3.8, 4) is 0 Å². The normalized spacial score (nSPS) is 18.2. The number of aldehydes is 1. The largest absolute Gasteiger partial charge is 0.410 e. The molecule has 0 aliphatic heterocycles. The van der Waals surface area contributed by atoms with E-state index in [1.807, 2.05) is 18.2 Å². The van der Waals surface area contributed by atoms with Gasteiger partial charge in [-0.05, 0) is 58.9 Å². The van der Waals surface area contributed by atoms with Crippen molar-refractivity contribution in [1.29, 1.82) is 0 Å². The third-order valence-electron chi connectivity index (χ3n) is 5.58. The van der Waals surface area contributed by atoms with Crippen molar-refractivity contribution >= 4 is 25.4 Å². The van der Waals surface area contributed by atoms with E-state index in [0.29, 0.717) is 0 Å². The van der Waals surface area contributed by atoms with E-state index in [-0.39, 0.29) is 11.1 Å². The fourth-order valence-corrected chi connectivity index (χ4v) is 4.47. The second-order valence-electron chi connectivity index (χ2n) is 8.14. The van der Waals surface area contributed by atoms with Crippen LogP contribution >= 0.6 is 0 Å². The SMILES string of the molecule is CC(C)(C)[Si](C)(C)O[C@@H]1CCc2c1ccc1ccc(C=O)cc21. The van der Waals surface area contributed by atoms with Gasteiger partial charge in [-0.3, -0.25) is 4.79 Å². The Morgan fingerprint density at radius 1 is 1.17 bits per heavy atom. The molecule has 2 nitrogen and oxygen atoms in total. The topological polar surface area (TPSA) is 26.3 Å². The maximum Gasteiger partial charge on any atom is 0.192 e. The van der Waals surface area contributed by atoms with E-state index in [4.69, 9.17) is 4.43 Å². The van der Waals surface area contributed by atoms with Crippen LogP contribution in [0.1, 0.15) is 54.8 Å². The minimum atomic E-state index is -1.78. The van der Waals surface area contributed by atoms with E-state index in [1.165, 1.54) is 21.9 Å². The first kappa shape index (κ1) is 16.4. The van der Waals surface area contributed by atoms with Gasteiger partial charge in [0.25, 0.3) is 0 Å².